The van der Waals surface area contributed by atoms with Gasteiger partial charge < -0.3 is 29.9 Å². The van der Waals surface area contributed by atoms with E-state index >= 15 is 0 Å². The van der Waals surface area contributed by atoms with Crippen molar-refractivity contribution in [3.63, 3.8) is 0 Å². The first kappa shape index (κ1) is 33.8. The zero-order chi connectivity index (χ0) is 32.2. The molecule has 5 rings (SSSR count). The molecule has 2 aliphatic rings. The summed E-state index contributed by atoms with van der Waals surface area (Å²) in [5, 5.41) is 37.2. The van der Waals surface area contributed by atoms with Gasteiger partial charge in [0, 0.05) is 60.2 Å². The number of nitrogens with zero attached hydrogens (tertiary/aromatic N) is 4. The largest absolute Gasteiger partial charge is 0.479 e. The normalized spacial score (nSPS) is 18.6. The van der Waals surface area contributed by atoms with Crippen LogP contribution in [0.1, 0.15) is 47.0 Å². The van der Waals surface area contributed by atoms with Crippen LogP contribution in [0.25, 0.3) is 5.82 Å². The Bertz CT molecular complexity index is 1460. The van der Waals surface area contributed by atoms with Gasteiger partial charge in [0.25, 0.3) is 5.92 Å². The van der Waals surface area contributed by atoms with Crippen molar-refractivity contribution >= 4 is 34.9 Å². The predicted molar refractivity (Wildman–Crippen MR) is 154 cm³/mol. The number of pyridine rings is 1. The summed E-state index contributed by atoms with van der Waals surface area (Å²) in [4.78, 5) is 27.0. The molecule has 44 heavy (non-hydrogen) atoms. The number of alkyl halides is 2. The number of likely N-dealkylation sites (tertiary alicyclic amines) is 1. The Hall–Kier alpha value is -3.05. The van der Waals surface area contributed by atoms with Crippen LogP contribution in [-0.4, -0.2) is 90.5 Å². The molecule has 0 bridgehead atoms. The van der Waals surface area contributed by atoms with Crippen molar-refractivity contribution in [1.29, 1.82) is 0 Å². The highest BCUT2D eigenvalue weighted by Crippen LogP contribution is 2.52. The third-order valence-electron chi connectivity index (χ3n) is 7.45. The molecule has 4 N–H and O–H groups in total. The molecular weight excluding hydrogens is 626 g/mol. The van der Waals surface area contributed by atoms with Crippen LogP contribution in [-0.2, 0) is 43.7 Å². The topological polar surface area (TPSA) is 167 Å². The van der Waals surface area contributed by atoms with Crippen LogP contribution in [0.15, 0.2) is 30.6 Å². The van der Waals surface area contributed by atoms with Gasteiger partial charge in [-0.2, -0.15) is 13.9 Å². The number of hydrogen-bond acceptors (Lipinski definition) is 10. The molecule has 3 aromatic heterocycles. The van der Waals surface area contributed by atoms with Gasteiger partial charge in [0.1, 0.15) is 12.2 Å². The van der Waals surface area contributed by atoms with Crippen molar-refractivity contribution in [1.82, 2.24) is 19.7 Å². The van der Waals surface area contributed by atoms with Gasteiger partial charge in [0.05, 0.1) is 16.6 Å². The summed E-state index contributed by atoms with van der Waals surface area (Å²) >= 11 is 7.35. The van der Waals surface area contributed by atoms with Crippen LogP contribution in [0.4, 0.5) is 8.78 Å². The third-order valence-corrected chi connectivity index (χ3v) is 8.90. The molecule has 0 aliphatic carbocycles. The van der Waals surface area contributed by atoms with E-state index in [1.807, 2.05) is 36.9 Å². The van der Waals surface area contributed by atoms with E-state index < -0.39 is 42.3 Å². The van der Waals surface area contributed by atoms with Crippen molar-refractivity contribution in [2.75, 3.05) is 26.3 Å². The number of aliphatic carboxylic acids is 2. The first-order valence-electron chi connectivity index (χ1n) is 13.7. The number of rotatable bonds is 9. The Morgan fingerprint density at radius 2 is 1.84 bits per heavy atom. The van der Waals surface area contributed by atoms with Crippen molar-refractivity contribution in [2.24, 2.45) is 0 Å². The van der Waals surface area contributed by atoms with Gasteiger partial charge in [-0.1, -0.05) is 17.7 Å². The lowest BCUT2D eigenvalue weighted by atomic mass is 9.84. The zero-order valence-electron chi connectivity index (χ0n) is 24.0. The van der Waals surface area contributed by atoms with E-state index in [1.54, 1.807) is 6.20 Å². The number of carboxylic acid groups (broad SMARTS) is 2. The molecule has 0 unspecified atom stereocenters. The summed E-state index contributed by atoms with van der Waals surface area (Å²) in [5.41, 5.74) is 2.40. The van der Waals surface area contributed by atoms with E-state index in [9.17, 15) is 18.4 Å². The number of aryl methyl sites for hydroxylation is 1. The minimum atomic E-state index is -2.99. The van der Waals surface area contributed by atoms with Crippen LogP contribution in [0.5, 0.6) is 0 Å². The number of aromatic nitrogens is 3. The molecule has 1 saturated heterocycles. The maximum Gasteiger partial charge on any atom is 0.335 e. The van der Waals surface area contributed by atoms with E-state index in [2.05, 4.69) is 9.88 Å². The molecule has 16 heteroatoms. The standard InChI is InChI=1S/C24H27ClF2N4O2S.C4H6O6/c1-3-32-14-17-5-4-8-28-22(17)31-13-18(16(2)29-31)12-30-9-6-23(7-10-30)21-19(11-20(25)34-21)24(26,27)15-33-23;5-1(3(7)8)2(6)4(9)10/h4-5,8,11,13H,3,6-7,9-10,12,14-15H2,1-2H3;1-2,5-6H,(H,7,8)(H,9,10)/t;1-,2-/m.1/s1. The Labute approximate surface area is 260 Å². The SMILES string of the molecule is CCOCc1cccnc1-n1cc(CN2CCC3(CC2)OCC(F)(F)c2cc(Cl)sc23)c(C)n1.O=C(O)[C@H](O)[C@@H](O)C(=O)O. The Balaban J connectivity index is 0.000000382. The van der Waals surface area contributed by atoms with Crippen LogP contribution < -0.4 is 0 Å². The second-order valence-electron chi connectivity index (χ2n) is 10.4. The minimum Gasteiger partial charge on any atom is -0.479 e. The lowest BCUT2D eigenvalue weighted by Gasteiger charge is -2.45. The molecule has 12 nitrogen and oxygen atoms in total. The van der Waals surface area contributed by atoms with Crippen molar-refractivity contribution in [3.05, 3.63) is 62.2 Å². The molecule has 0 saturated carbocycles. The van der Waals surface area contributed by atoms with Crippen LogP contribution in [0.2, 0.25) is 4.34 Å². The summed E-state index contributed by atoms with van der Waals surface area (Å²) in [6.45, 7) is 6.69. The minimum absolute atomic E-state index is 0.0394. The number of hydrogen-bond donors (Lipinski definition) is 4. The molecule has 1 spiro atoms. The molecule has 0 amide bonds. The number of halogens is 3. The number of fused-ring (bicyclic) bond motifs is 2. The number of carbonyl (C=O) groups is 2. The lowest BCUT2D eigenvalue weighted by molar-refractivity contribution is -0.182. The fraction of sp³-hybridized carbons (Fsp3) is 0.500. The summed E-state index contributed by atoms with van der Waals surface area (Å²) in [5.74, 6) is -5.76. The number of carboxylic acids is 2. The Kier molecular flexibility index (Phi) is 10.7. The molecular formula is C28H33ClF2N4O8S. The molecule has 1 fully saturated rings. The highest BCUT2D eigenvalue weighted by atomic mass is 35.5. The highest BCUT2D eigenvalue weighted by molar-refractivity contribution is 7.16. The van der Waals surface area contributed by atoms with Crippen molar-refractivity contribution in [3.8, 4) is 5.82 Å². The van der Waals surface area contributed by atoms with Gasteiger partial charge in [-0.05, 0) is 38.8 Å². The van der Waals surface area contributed by atoms with E-state index in [1.165, 1.54) is 17.4 Å². The average Bonchev–Trinajstić information content (AvgIpc) is 3.58. The van der Waals surface area contributed by atoms with Gasteiger partial charge in [-0.25, -0.2) is 19.3 Å². The molecule has 3 aromatic rings. The van der Waals surface area contributed by atoms with E-state index in [-0.39, 0.29) is 5.56 Å². The summed E-state index contributed by atoms with van der Waals surface area (Å²) in [7, 11) is 0. The van der Waals surface area contributed by atoms with Crippen molar-refractivity contribution < 1.29 is 48.3 Å². The number of thiophene rings is 1. The Morgan fingerprint density at radius 1 is 1.18 bits per heavy atom. The summed E-state index contributed by atoms with van der Waals surface area (Å²) in [6.07, 6.45) is 0.545. The maximum atomic E-state index is 14.4. The first-order valence-corrected chi connectivity index (χ1v) is 14.9. The second kappa shape index (κ2) is 13.9. The zero-order valence-corrected chi connectivity index (χ0v) is 25.5. The highest BCUT2D eigenvalue weighted by Gasteiger charge is 2.51. The fourth-order valence-electron chi connectivity index (χ4n) is 5.02. The van der Waals surface area contributed by atoms with E-state index in [4.69, 9.17) is 46.6 Å². The van der Waals surface area contributed by atoms with Crippen molar-refractivity contribution in [2.45, 2.75) is 63.6 Å². The van der Waals surface area contributed by atoms with Crippen LogP contribution >= 0.6 is 22.9 Å². The molecule has 5 heterocycles. The number of ether oxygens (including phenoxy) is 2. The van der Waals surface area contributed by atoms with Gasteiger partial charge in [-0.15, -0.1) is 11.3 Å². The maximum absolute atomic E-state index is 14.4. The molecule has 240 valence electrons. The number of aliphatic hydroxyl groups is 2. The Morgan fingerprint density at radius 3 is 2.45 bits per heavy atom. The van der Waals surface area contributed by atoms with Crippen LogP contribution in [0.3, 0.4) is 0 Å². The molecule has 0 radical (unpaired) electrons. The van der Waals surface area contributed by atoms with E-state index in [0.717, 1.165) is 42.3 Å². The van der Waals surface area contributed by atoms with Gasteiger partial charge in [-0.3, -0.25) is 4.90 Å². The summed E-state index contributed by atoms with van der Waals surface area (Å²) in [6, 6.07) is 5.30. The second-order valence-corrected chi connectivity index (χ2v) is 12.1. The number of aliphatic hydroxyl groups excluding tert-OH is 2. The first-order chi connectivity index (χ1) is 20.8. The molecule has 2 atom stereocenters. The quantitative estimate of drug-likeness (QED) is 0.266. The summed E-state index contributed by atoms with van der Waals surface area (Å²) < 4.78 is 42.4. The fourth-order valence-corrected chi connectivity index (χ4v) is 6.50. The molecule has 0 aromatic carbocycles. The van der Waals surface area contributed by atoms with Gasteiger partial charge in [0.15, 0.2) is 18.0 Å². The number of piperidine rings is 1. The van der Waals surface area contributed by atoms with E-state index in [0.29, 0.717) is 35.3 Å². The predicted octanol–water partition coefficient (Wildman–Crippen LogP) is 3.32. The lowest BCUT2D eigenvalue weighted by Crippen LogP contribution is -2.48. The van der Waals surface area contributed by atoms with Gasteiger partial charge >= 0.3 is 11.9 Å². The molecule has 2 aliphatic heterocycles. The smallest absolute Gasteiger partial charge is 0.335 e. The average molecular weight is 659 g/mol. The van der Waals surface area contributed by atoms with Crippen LogP contribution in [0, 0.1) is 6.92 Å². The third kappa shape index (κ3) is 7.42. The monoisotopic (exact) mass is 658 g/mol. The van der Waals surface area contributed by atoms with Gasteiger partial charge in [0.2, 0.25) is 0 Å².